The third-order valence-electron chi connectivity index (χ3n) is 2.07. The van der Waals surface area contributed by atoms with Crippen LogP contribution >= 0.6 is 0 Å². The molecule has 1 aliphatic heterocycles. The Labute approximate surface area is 70.5 Å². The molecule has 0 bridgehead atoms. The molecule has 2 rings (SSSR count). The number of rotatable bonds is 1. The van der Waals surface area contributed by atoms with Crippen LogP contribution in [0.4, 0.5) is 12.0 Å². The Morgan fingerprint density at radius 1 is 1.25 bits per heavy atom. The van der Waals surface area contributed by atoms with E-state index in [1.807, 2.05) is 0 Å². The third kappa shape index (κ3) is 1.34. The van der Waals surface area contributed by atoms with Gasteiger partial charge in [0.05, 0.1) is 0 Å². The summed E-state index contributed by atoms with van der Waals surface area (Å²) < 4.78 is 4.69. The van der Waals surface area contributed by atoms with E-state index < -0.39 is 0 Å². The van der Waals surface area contributed by atoms with Gasteiger partial charge < -0.3 is 15.2 Å². The highest BCUT2D eigenvalue weighted by atomic mass is 16.5. The van der Waals surface area contributed by atoms with E-state index in [0.29, 0.717) is 5.95 Å². The molecule has 1 aliphatic rings. The summed E-state index contributed by atoms with van der Waals surface area (Å²) in [5, 5.41) is 3.75. The lowest BCUT2D eigenvalue weighted by Gasteiger charge is -2.24. The molecule has 1 fully saturated rings. The van der Waals surface area contributed by atoms with Crippen molar-refractivity contribution in [3.05, 3.63) is 0 Å². The second-order valence-electron chi connectivity index (χ2n) is 2.98. The largest absolute Gasteiger partial charge is 0.351 e. The standard InChI is InChI=1S/C7H12N4O/c8-6-9-7(10-12-6)11-4-2-1-3-5-11/h1-5H2,(H2,8,9,10). The maximum Gasteiger partial charge on any atom is 0.320 e. The lowest BCUT2D eigenvalue weighted by atomic mass is 10.1. The summed E-state index contributed by atoms with van der Waals surface area (Å²) in [6, 6.07) is 0.149. The van der Waals surface area contributed by atoms with E-state index in [1.54, 1.807) is 0 Å². The van der Waals surface area contributed by atoms with Crippen LogP contribution in [0.1, 0.15) is 19.3 Å². The monoisotopic (exact) mass is 168 g/mol. The molecule has 5 nitrogen and oxygen atoms in total. The molecule has 0 amide bonds. The van der Waals surface area contributed by atoms with Crippen molar-refractivity contribution in [3.63, 3.8) is 0 Å². The van der Waals surface area contributed by atoms with E-state index in [0.717, 1.165) is 13.1 Å². The summed E-state index contributed by atoms with van der Waals surface area (Å²) in [6.07, 6.45) is 3.70. The fourth-order valence-electron chi connectivity index (χ4n) is 1.45. The van der Waals surface area contributed by atoms with Gasteiger partial charge in [0.25, 0.3) is 5.95 Å². The number of hydrogen-bond acceptors (Lipinski definition) is 5. The van der Waals surface area contributed by atoms with Crippen molar-refractivity contribution in [2.75, 3.05) is 23.7 Å². The quantitative estimate of drug-likeness (QED) is 0.666. The Morgan fingerprint density at radius 2 is 2.00 bits per heavy atom. The van der Waals surface area contributed by atoms with Crippen molar-refractivity contribution in [1.82, 2.24) is 10.1 Å². The summed E-state index contributed by atoms with van der Waals surface area (Å²) >= 11 is 0. The lowest BCUT2D eigenvalue weighted by Crippen LogP contribution is -2.30. The maximum absolute atomic E-state index is 5.32. The van der Waals surface area contributed by atoms with Crippen LogP contribution in [0.15, 0.2) is 4.52 Å². The molecule has 5 heteroatoms. The summed E-state index contributed by atoms with van der Waals surface area (Å²) in [6.45, 7) is 2.03. The fraction of sp³-hybridized carbons (Fsp3) is 0.714. The van der Waals surface area contributed by atoms with E-state index in [4.69, 9.17) is 10.3 Å². The Hall–Kier alpha value is -1.26. The van der Waals surface area contributed by atoms with Crippen LogP contribution in [0.3, 0.4) is 0 Å². The van der Waals surface area contributed by atoms with E-state index in [-0.39, 0.29) is 6.01 Å². The number of nitrogens with two attached hydrogens (primary N) is 1. The van der Waals surface area contributed by atoms with Gasteiger partial charge in [-0.25, -0.2) is 0 Å². The lowest BCUT2D eigenvalue weighted by molar-refractivity contribution is 0.430. The van der Waals surface area contributed by atoms with Crippen LogP contribution in [0.25, 0.3) is 0 Å². The molecule has 2 heterocycles. The minimum Gasteiger partial charge on any atom is -0.351 e. The highest BCUT2D eigenvalue weighted by Crippen LogP contribution is 2.16. The molecular formula is C7H12N4O. The zero-order valence-corrected chi connectivity index (χ0v) is 6.86. The molecule has 0 spiro atoms. The maximum atomic E-state index is 5.32. The van der Waals surface area contributed by atoms with Crippen molar-refractivity contribution >= 4 is 12.0 Å². The predicted molar refractivity (Wildman–Crippen MR) is 44.8 cm³/mol. The van der Waals surface area contributed by atoms with Crippen LogP contribution in [-0.2, 0) is 0 Å². The fourth-order valence-corrected chi connectivity index (χ4v) is 1.45. The van der Waals surface area contributed by atoms with Gasteiger partial charge in [-0.3, -0.25) is 0 Å². The Bertz CT molecular complexity index is 254. The molecule has 0 unspecified atom stereocenters. The Kier molecular flexibility index (Phi) is 1.85. The van der Waals surface area contributed by atoms with Crippen LogP contribution in [-0.4, -0.2) is 23.2 Å². The van der Waals surface area contributed by atoms with Crippen LogP contribution < -0.4 is 10.6 Å². The second kappa shape index (κ2) is 3.00. The first-order valence-electron chi connectivity index (χ1n) is 4.20. The van der Waals surface area contributed by atoms with Gasteiger partial charge in [0.1, 0.15) is 0 Å². The Morgan fingerprint density at radius 3 is 2.58 bits per heavy atom. The molecular weight excluding hydrogens is 156 g/mol. The minimum atomic E-state index is 0.149. The molecule has 0 saturated carbocycles. The van der Waals surface area contributed by atoms with Gasteiger partial charge in [-0.1, -0.05) is 0 Å². The van der Waals surface area contributed by atoms with Gasteiger partial charge in [-0.2, -0.15) is 4.98 Å². The SMILES string of the molecule is Nc1nc(N2CCCCC2)no1. The summed E-state index contributed by atoms with van der Waals surface area (Å²) in [5.41, 5.74) is 5.32. The van der Waals surface area contributed by atoms with E-state index in [1.165, 1.54) is 19.3 Å². The summed E-state index contributed by atoms with van der Waals surface area (Å²) in [5.74, 6) is 0.632. The van der Waals surface area contributed by atoms with Gasteiger partial charge in [0, 0.05) is 13.1 Å². The van der Waals surface area contributed by atoms with E-state index in [9.17, 15) is 0 Å². The van der Waals surface area contributed by atoms with Crippen molar-refractivity contribution < 1.29 is 4.52 Å². The number of nitrogen functional groups attached to an aromatic ring is 1. The predicted octanol–water partition coefficient (Wildman–Crippen LogP) is 0.642. The smallest absolute Gasteiger partial charge is 0.320 e. The summed E-state index contributed by atoms with van der Waals surface area (Å²) in [7, 11) is 0. The topological polar surface area (TPSA) is 68.2 Å². The van der Waals surface area contributed by atoms with Gasteiger partial charge in [-0.05, 0) is 24.4 Å². The van der Waals surface area contributed by atoms with E-state index in [2.05, 4.69) is 15.0 Å². The van der Waals surface area contributed by atoms with Gasteiger partial charge in [-0.15, -0.1) is 0 Å². The number of nitrogens with zero attached hydrogens (tertiary/aromatic N) is 3. The molecule has 1 saturated heterocycles. The molecule has 1 aromatic heterocycles. The number of hydrogen-bond donors (Lipinski definition) is 1. The van der Waals surface area contributed by atoms with Crippen molar-refractivity contribution in [1.29, 1.82) is 0 Å². The first-order chi connectivity index (χ1) is 5.86. The van der Waals surface area contributed by atoms with Crippen LogP contribution in [0.5, 0.6) is 0 Å². The highest BCUT2D eigenvalue weighted by Gasteiger charge is 2.15. The van der Waals surface area contributed by atoms with Crippen LogP contribution in [0, 0.1) is 0 Å². The highest BCUT2D eigenvalue weighted by molar-refractivity contribution is 5.31. The number of piperidine rings is 1. The molecule has 0 aliphatic carbocycles. The van der Waals surface area contributed by atoms with Gasteiger partial charge in [0.2, 0.25) is 0 Å². The molecule has 66 valence electrons. The number of aromatic nitrogens is 2. The van der Waals surface area contributed by atoms with Crippen molar-refractivity contribution in [2.45, 2.75) is 19.3 Å². The van der Waals surface area contributed by atoms with Crippen molar-refractivity contribution in [2.24, 2.45) is 0 Å². The molecule has 2 N–H and O–H groups in total. The average molecular weight is 168 g/mol. The normalized spacial score (nSPS) is 18.2. The van der Waals surface area contributed by atoms with Gasteiger partial charge >= 0.3 is 6.01 Å². The zero-order valence-electron chi connectivity index (χ0n) is 6.86. The van der Waals surface area contributed by atoms with Crippen LogP contribution in [0.2, 0.25) is 0 Å². The minimum absolute atomic E-state index is 0.149. The Balaban J connectivity index is 2.08. The molecule has 0 atom stereocenters. The molecule has 12 heavy (non-hydrogen) atoms. The van der Waals surface area contributed by atoms with E-state index >= 15 is 0 Å². The zero-order chi connectivity index (χ0) is 8.39. The molecule has 1 aromatic rings. The van der Waals surface area contributed by atoms with Crippen molar-refractivity contribution in [3.8, 4) is 0 Å². The number of anilines is 2. The van der Waals surface area contributed by atoms with Gasteiger partial charge in [0.15, 0.2) is 0 Å². The summed E-state index contributed by atoms with van der Waals surface area (Å²) in [4.78, 5) is 6.06. The molecule has 0 aromatic carbocycles. The first kappa shape index (κ1) is 7.39. The third-order valence-corrected chi connectivity index (χ3v) is 2.07. The average Bonchev–Trinajstić information content (AvgIpc) is 2.54. The second-order valence-corrected chi connectivity index (χ2v) is 2.98. The molecule has 0 radical (unpaired) electrons. The first-order valence-corrected chi connectivity index (χ1v) is 4.20.